The number of carbonyl (C=O) groups excluding carboxylic acids is 1. The number of halogens is 2. The van der Waals surface area contributed by atoms with Crippen molar-refractivity contribution in [3.05, 3.63) is 33.8 Å². The fourth-order valence-electron chi connectivity index (χ4n) is 1.57. The van der Waals surface area contributed by atoms with Crippen LogP contribution >= 0.6 is 23.2 Å². The minimum atomic E-state index is -0.905. The van der Waals surface area contributed by atoms with Gasteiger partial charge in [0.2, 0.25) is 0 Å². The molecule has 0 aliphatic carbocycles. The molecule has 0 unspecified atom stereocenters. The van der Waals surface area contributed by atoms with Gasteiger partial charge in [0, 0.05) is 12.0 Å². The molecular formula is C13H15Cl2NO3. The molecule has 0 saturated heterocycles. The summed E-state index contributed by atoms with van der Waals surface area (Å²) in [6.45, 7) is 3.50. The first-order valence-electron chi connectivity index (χ1n) is 5.71. The molecule has 4 nitrogen and oxygen atoms in total. The molecule has 0 aliphatic heterocycles. The van der Waals surface area contributed by atoms with Crippen LogP contribution in [0.1, 0.15) is 37.0 Å². The minimum absolute atomic E-state index is 0.0243. The van der Waals surface area contributed by atoms with Gasteiger partial charge in [-0.15, -0.1) is 0 Å². The Hall–Kier alpha value is -1.26. The highest BCUT2D eigenvalue weighted by atomic mass is 35.5. The molecule has 0 spiro atoms. The average Bonchev–Trinajstić information content (AvgIpc) is 2.25. The highest BCUT2D eigenvalue weighted by Gasteiger charge is 2.24. The van der Waals surface area contributed by atoms with Crippen LogP contribution in [0, 0.1) is 0 Å². The van der Waals surface area contributed by atoms with Crippen molar-refractivity contribution < 1.29 is 14.7 Å². The number of amides is 1. The van der Waals surface area contributed by atoms with Gasteiger partial charge in [-0.05, 0) is 32.4 Å². The fraction of sp³-hybridized carbons (Fsp3) is 0.385. The molecule has 0 bridgehead atoms. The van der Waals surface area contributed by atoms with E-state index in [1.165, 1.54) is 0 Å². The predicted molar refractivity (Wildman–Crippen MR) is 74.9 cm³/mol. The smallest absolute Gasteiger partial charge is 0.303 e. The number of rotatable bonds is 5. The monoisotopic (exact) mass is 303 g/mol. The average molecular weight is 304 g/mol. The normalized spacial score (nSPS) is 11.2. The van der Waals surface area contributed by atoms with Gasteiger partial charge < -0.3 is 10.4 Å². The van der Waals surface area contributed by atoms with E-state index in [9.17, 15) is 9.59 Å². The van der Waals surface area contributed by atoms with Crippen molar-refractivity contribution >= 4 is 35.1 Å². The van der Waals surface area contributed by atoms with Crippen molar-refractivity contribution in [1.29, 1.82) is 0 Å². The Balaban J connectivity index is 2.82. The Morgan fingerprint density at radius 1 is 1.26 bits per heavy atom. The maximum absolute atomic E-state index is 12.1. The lowest BCUT2D eigenvalue weighted by Gasteiger charge is -2.26. The Morgan fingerprint density at radius 3 is 2.26 bits per heavy atom. The second-order valence-corrected chi connectivity index (χ2v) is 5.64. The molecule has 0 aromatic heterocycles. The highest BCUT2D eigenvalue weighted by Crippen LogP contribution is 2.25. The number of hydrogen-bond donors (Lipinski definition) is 2. The van der Waals surface area contributed by atoms with Crippen molar-refractivity contribution in [1.82, 2.24) is 5.32 Å². The lowest BCUT2D eigenvalue weighted by Crippen LogP contribution is -2.43. The Kier molecular flexibility index (Phi) is 5.20. The Morgan fingerprint density at radius 2 is 1.79 bits per heavy atom. The lowest BCUT2D eigenvalue weighted by atomic mass is 9.97. The van der Waals surface area contributed by atoms with E-state index >= 15 is 0 Å². The molecule has 0 heterocycles. The van der Waals surface area contributed by atoms with E-state index in [1.807, 2.05) is 0 Å². The summed E-state index contributed by atoms with van der Waals surface area (Å²) >= 11 is 11.9. The Labute approximate surface area is 121 Å². The molecule has 1 amide bonds. The zero-order valence-electron chi connectivity index (χ0n) is 10.7. The molecule has 0 atom stereocenters. The Bertz CT molecular complexity index is 480. The number of benzene rings is 1. The molecule has 1 aromatic rings. The summed E-state index contributed by atoms with van der Waals surface area (Å²) in [6.07, 6.45) is 0.291. The summed E-state index contributed by atoms with van der Waals surface area (Å²) in [4.78, 5) is 22.7. The van der Waals surface area contributed by atoms with Crippen LogP contribution in [0.2, 0.25) is 10.0 Å². The molecular weight excluding hydrogens is 289 g/mol. The van der Waals surface area contributed by atoms with Crippen molar-refractivity contribution in [2.45, 2.75) is 32.2 Å². The maximum Gasteiger partial charge on any atom is 0.303 e. The van der Waals surface area contributed by atoms with Crippen LogP contribution in [0.4, 0.5) is 0 Å². The molecule has 1 rings (SSSR count). The molecule has 1 aromatic carbocycles. The third kappa shape index (κ3) is 4.73. The summed E-state index contributed by atoms with van der Waals surface area (Å²) in [5.74, 6) is -1.32. The van der Waals surface area contributed by atoms with Gasteiger partial charge in [0.05, 0.1) is 15.6 Å². The van der Waals surface area contributed by atoms with E-state index in [0.717, 1.165) is 0 Å². The van der Waals surface area contributed by atoms with Crippen LogP contribution in [-0.2, 0) is 4.79 Å². The van der Waals surface area contributed by atoms with Crippen LogP contribution in [-0.4, -0.2) is 22.5 Å². The number of carboxylic acids is 1. The second kappa shape index (κ2) is 6.26. The number of carboxylic acid groups (broad SMARTS) is 1. The molecule has 19 heavy (non-hydrogen) atoms. The highest BCUT2D eigenvalue weighted by molar-refractivity contribution is 6.39. The summed E-state index contributed by atoms with van der Waals surface area (Å²) in [7, 11) is 0. The summed E-state index contributed by atoms with van der Waals surface area (Å²) in [5, 5.41) is 11.9. The van der Waals surface area contributed by atoms with Gasteiger partial charge >= 0.3 is 5.97 Å². The first-order valence-corrected chi connectivity index (χ1v) is 6.47. The number of carbonyl (C=O) groups is 2. The van der Waals surface area contributed by atoms with Gasteiger partial charge in [-0.2, -0.15) is 0 Å². The largest absolute Gasteiger partial charge is 0.481 e. The first-order chi connectivity index (χ1) is 8.73. The van der Waals surface area contributed by atoms with Crippen LogP contribution in [0.25, 0.3) is 0 Å². The second-order valence-electron chi connectivity index (χ2n) is 4.83. The van der Waals surface area contributed by atoms with Crippen LogP contribution in [0.15, 0.2) is 18.2 Å². The molecule has 104 valence electrons. The minimum Gasteiger partial charge on any atom is -0.481 e. The summed E-state index contributed by atoms with van der Waals surface area (Å²) < 4.78 is 0. The third-order valence-electron chi connectivity index (χ3n) is 2.61. The van der Waals surface area contributed by atoms with Gasteiger partial charge in [-0.3, -0.25) is 9.59 Å². The van der Waals surface area contributed by atoms with Gasteiger partial charge in [-0.1, -0.05) is 29.3 Å². The zero-order valence-corrected chi connectivity index (χ0v) is 12.2. The van der Waals surface area contributed by atoms with Crippen molar-refractivity contribution in [3.63, 3.8) is 0 Å². The zero-order chi connectivity index (χ0) is 14.6. The summed E-state index contributed by atoms with van der Waals surface area (Å²) in [6, 6.07) is 4.80. The molecule has 2 N–H and O–H groups in total. The number of aliphatic carboxylic acids is 1. The molecule has 0 radical (unpaired) electrons. The predicted octanol–water partition coefficient (Wildman–Crippen LogP) is 3.37. The quantitative estimate of drug-likeness (QED) is 0.876. The topological polar surface area (TPSA) is 66.4 Å². The number of nitrogens with one attached hydrogen (secondary N) is 1. The van der Waals surface area contributed by atoms with Crippen molar-refractivity contribution in [3.8, 4) is 0 Å². The van der Waals surface area contributed by atoms with E-state index < -0.39 is 17.4 Å². The standard InChI is InChI=1S/C13H15Cl2NO3/c1-13(2,7-6-10(17)18)16-12(19)11-8(14)4-3-5-9(11)15/h3-5H,6-7H2,1-2H3,(H,16,19)(H,17,18). The van der Waals surface area contributed by atoms with E-state index in [-0.39, 0.29) is 22.0 Å². The fourth-order valence-corrected chi connectivity index (χ4v) is 2.14. The SMILES string of the molecule is CC(C)(CCC(=O)O)NC(=O)c1c(Cl)cccc1Cl. The van der Waals surface area contributed by atoms with Gasteiger partial charge in [0.25, 0.3) is 5.91 Å². The molecule has 6 heteroatoms. The number of hydrogen-bond acceptors (Lipinski definition) is 2. The molecule has 0 aliphatic rings. The first kappa shape index (κ1) is 15.8. The van der Waals surface area contributed by atoms with Crippen LogP contribution in [0.5, 0.6) is 0 Å². The van der Waals surface area contributed by atoms with Crippen molar-refractivity contribution in [2.75, 3.05) is 0 Å². The van der Waals surface area contributed by atoms with E-state index in [4.69, 9.17) is 28.3 Å². The van der Waals surface area contributed by atoms with E-state index in [2.05, 4.69) is 5.32 Å². The van der Waals surface area contributed by atoms with Crippen molar-refractivity contribution in [2.24, 2.45) is 0 Å². The van der Waals surface area contributed by atoms with Gasteiger partial charge in [0.1, 0.15) is 0 Å². The van der Waals surface area contributed by atoms with E-state index in [1.54, 1.807) is 32.0 Å². The molecule has 0 saturated carbocycles. The third-order valence-corrected chi connectivity index (χ3v) is 3.24. The maximum atomic E-state index is 12.1. The van der Waals surface area contributed by atoms with Crippen LogP contribution in [0.3, 0.4) is 0 Å². The van der Waals surface area contributed by atoms with Gasteiger partial charge in [-0.25, -0.2) is 0 Å². The summed E-state index contributed by atoms with van der Waals surface area (Å²) in [5.41, 5.74) is -0.452. The van der Waals surface area contributed by atoms with E-state index in [0.29, 0.717) is 6.42 Å². The van der Waals surface area contributed by atoms with Crippen LogP contribution < -0.4 is 5.32 Å². The molecule has 0 fully saturated rings. The lowest BCUT2D eigenvalue weighted by molar-refractivity contribution is -0.137. The van der Waals surface area contributed by atoms with Gasteiger partial charge in [0.15, 0.2) is 0 Å².